The van der Waals surface area contributed by atoms with Crippen molar-refractivity contribution in [3.63, 3.8) is 0 Å². The van der Waals surface area contributed by atoms with Crippen molar-refractivity contribution in [3.8, 4) is 35.5 Å². The molecule has 3 nitrogen and oxygen atoms in total. The van der Waals surface area contributed by atoms with Crippen LogP contribution in [-0.4, -0.2) is 15.0 Å². The first-order valence-electron chi connectivity index (χ1n) is 10.6. The standard InChI is InChI=1S/C27H3F12N3/c28-16-13(17(29)23(35)40-22(16)34)4-1-10-7-11(2-5-14-18(30)24(36)41-25(37)19(14)31)9-12(8-10)3-6-15-20(32)26(38)42-27(39)21(15)33/h7-9H. The molecule has 4 aromatic rings. The maximum atomic E-state index is 13.9. The van der Waals surface area contributed by atoms with E-state index in [1.54, 1.807) is 17.8 Å². The van der Waals surface area contributed by atoms with E-state index in [-0.39, 0.29) is 16.7 Å². The van der Waals surface area contributed by atoms with E-state index >= 15 is 0 Å². The molecule has 0 unspecified atom stereocenters. The Kier molecular flexibility index (Phi) is 8.11. The van der Waals surface area contributed by atoms with E-state index in [1.165, 1.54) is 0 Å². The molecule has 210 valence electrons. The van der Waals surface area contributed by atoms with Gasteiger partial charge in [0.25, 0.3) is 35.7 Å². The molecule has 15 heteroatoms. The third-order valence-electron chi connectivity index (χ3n) is 4.92. The first-order valence-corrected chi connectivity index (χ1v) is 10.6. The van der Waals surface area contributed by atoms with E-state index < -0.39 is 87.3 Å². The van der Waals surface area contributed by atoms with Crippen LogP contribution in [0.25, 0.3) is 0 Å². The minimum atomic E-state index is -2.04. The molecule has 0 atom stereocenters. The first-order chi connectivity index (χ1) is 19.8. The van der Waals surface area contributed by atoms with Crippen LogP contribution in [0.1, 0.15) is 33.4 Å². The number of aromatic nitrogens is 3. The van der Waals surface area contributed by atoms with Crippen LogP contribution in [0.2, 0.25) is 0 Å². The van der Waals surface area contributed by atoms with E-state index in [0.29, 0.717) is 0 Å². The van der Waals surface area contributed by atoms with Gasteiger partial charge in [0.2, 0.25) is 0 Å². The number of nitrogens with zero attached hydrogens (tertiary/aromatic N) is 3. The van der Waals surface area contributed by atoms with Crippen molar-refractivity contribution in [3.05, 3.63) is 122 Å². The van der Waals surface area contributed by atoms with Gasteiger partial charge in [0, 0.05) is 16.7 Å². The molecular formula is C27H3F12N3. The first kappa shape index (κ1) is 29.5. The molecule has 0 saturated heterocycles. The monoisotopic (exact) mass is 597 g/mol. The molecule has 1 aromatic carbocycles. The Morgan fingerprint density at radius 1 is 0.310 bits per heavy atom. The summed E-state index contributed by atoms with van der Waals surface area (Å²) in [5.41, 5.74) is -5.36. The lowest BCUT2D eigenvalue weighted by atomic mass is 10.0. The van der Waals surface area contributed by atoms with Crippen LogP contribution in [0.5, 0.6) is 0 Å². The Morgan fingerprint density at radius 2 is 0.500 bits per heavy atom. The molecule has 0 radical (unpaired) electrons. The van der Waals surface area contributed by atoms with Crippen LogP contribution in [-0.2, 0) is 0 Å². The Morgan fingerprint density at radius 3 is 0.690 bits per heavy atom. The smallest absolute Gasteiger partial charge is 0.200 e. The van der Waals surface area contributed by atoms with Gasteiger partial charge in [-0.05, 0) is 18.2 Å². The molecule has 0 aliphatic carbocycles. The molecule has 3 heterocycles. The van der Waals surface area contributed by atoms with E-state index in [1.807, 2.05) is 0 Å². The van der Waals surface area contributed by atoms with Gasteiger partial charge in [0.1, 0.15) is 16.7 Å². The Hall–Kier alpha value is -5.49. The van der Waals surface area contributed by atoms with Crippen molar-refractivity contribution >= 4 is 0 Å². The number of hydrogen-bond donors (Lipinski definition) is 0. The van der Waals surface area contributed by atoms with Crippen LogP contribution in [0.15, 0.2) is 18.2 Å². The van der Waals surface area contributed by atoms with Gasteiger partial charge in [-0.2, -0.15) is 41.3 Å². The van der Waals surface area contributed by atoms with Crippen LogP contribution in [0.3, 0.4) is 0 Å². The topological polar surface area (TPSA) is 38.7 Å². The number of hydrogen-bond acceptors (Lipinski definition) is 3. The van der Waals surface area contributed by atoms with E-state index in [0.717, 1.165) is 18.2 Å². The van der Waals surface area contributed by atoms with Gasteiger partial charge in [-0.3, -0.25) is 0 Å². The lowest BCUT2D eigenvalue weighted by Gasteiger charge is -2.01. The van der Waals surface area contributed by atoms with Crippen LogP contribution in [0, 0.1) is 106 Å². The lowest BCUT2D eigenvalue weighted by Crippen LogP contribution is -2.03. The van der Waals surface area contributed by atoms with Gasteiger partial charge < -0.3 is 0 Å². The van der Waals surface area contributed by atoms with Crippen molar-refractivity contribution in [1.29, 1.82) is 0 Å². The zero-order valence-corrected chi connectivity index (χ0v) is 19.6. The highest BCUT2D eigenvalue weighted by molar-refractivity contribution is 5.55. The Balaban J connectivity index is 1.91. The predicted octanol–water partition coefficient (Wildman–Crippen LogP) is 5.74. The molecule has 42 heavy (non-hydrogen) atoms. The molecule has 0 N–H and O–H groups in total. The summed E-state index contributed by atoms with van der Waals surface area (Å²) in [5.74, 6) is -12.5. The summed E-state index contributed by atoms with van der Waals surface area (Å²) < 4.78 is 164. The van der Waals surface area contributed by atoms with Crippen molar-refractivity contribution in [2.24, 2.45) is 0 Å². The highest BCUT2D eigenvalue weighted by Gasteiger charge is 2.21. The van der Waals surface area contributed by atoms with Crippen LogP contribution in [0.4, 0.5) is 52.7 Å². The van der Waals surface area contributed by atoms with Gasteiger partial charge in [-0.15, -0.1) is 0 Å². The van der Waals surface area contributed by atoms with Crippen molar-refractivity contribution in [1.82, 2.24) is 15.0 Å². The number of halogens is 12. The molecule has 0 spiro atoms. The number of rotatable bonds is 0. The molecule has 4 rings (SSSR count). The third kappa shape index (κ3) is 5.83. The zero-order valence-electron chi connectivity index (χ0n) is 19.6. The largest absolute Gasteiger partial charge is 0.253 e. The summed E-state index contributed by atoms with van der Waals surface area (Å²) in [6.45, 7) is 0. The third-order valence-corrected chi connectivity index (χ3v) is 4.92. The maximum absolute atomic E-state index is 13.9. The minimum Gasteiger partial charge on any atom is -0.200 e. The molecule has 0 aliphatic heterocycles. The second-order valence-electron chi connectivity index (χ2n) is 7.64. The molecule has 3 aromatic heterocycles. The fraction of sp³-hybridized carbons (Fsp3) is 0. The Labute approximate surface area is 225 Å². The Bertz CT molecular complexity index is 1670. The van der Waals surface area contributed by atoms with Gasteiger partial charge in [0.15, 0.2) is 34.9 Å². The van der Waals surface area contributed by atoms with E-state index in [9.17, 15) is 52.7 Å². The predicted molar refractivity (Wildman–Crippen MR) is 117 cm³/mol. The van der Waals surface area contributed by atoms with Crippen molar-refractivity contribution in [2.45, 2.75) is 0 Å². The summed E-state index contributed by atoms with van der Waals surface area (Å²) >= 11 is 0. The van der Waals surface area contributed by atoms with Crippen LogP contribution < -0.4 is 0 Å². The molecule has 0 fully saturated rings. The normalized spacial score (nSPS) is 10.3. The summed E-state index contributed by atoms with van der Waals surface area (Å²) in [6.07, 6.45) is 0. The van der Waals surface area contributed by atoms with Gasteiger partial charge in [0.05, 0.1) is 0 Å². The molecular weight excluding hydrogens is 594 g/mol. The van der Waals surface area contributed by atoms with E-state index in [4.69, 9.17) is 0 Å². The molecule has 0 saturated carbocycles. The number of pyridine rings is 3. The van der Waals surface area contributed by atoms with Crippen molar-refractivity contribution < 1.29 is 52.7 Å². The fourth-order valence-corrected chi connectivity index (χ4v) is 3.04. The zero-order chi connectivity index (χ0) is 30.9. The second kappa shape index (κ2) is 11.6. The van der Waals surface area contributed by atoms with E-state index in [2.05, 4.69) is 32.7 Å². The summed E-state index contributed by atoms with van der Waals surface area (Å²) in [5, 5.41) is 0. The molecule has 0 amide bonds. The number of benzene rings is 1. The summed E-state index contributed by atoms with van der Waals surface area (Å²) in [4.78, 5) is 7.05. The fourth-order valence-electron chi connectivity index (χ4n) is 3.04. The van der Waals surface area contributed by atoms with Crippen LogP contribution >= 0.6 is 0 Å². The van der Waals surface area contributed by atoms with Crippen molar-refractivity contribution in [2.75, 3.05) is 0 Å². The quantitative estimate of drug-likeness (QED) is 0.148. The maximum Gasteiger partial charge on any atom is 0.253 e. The minimum absolute atomic E-state index is 0.372. The second-order valence-corrected chi connectivity index (χ2v) is 7.64. The highest BCUT2D eigenvalue weighted by atomic mass is 19.2. The average Bonchev–Trinajstić information content (AvgIpc) is 2.94. The average molecular weight is 597 g/mol. The highest BCUT2D eigenvalue weighted by Crippen LogP contribution is 2.19. The SMILES string of the molecule is Fc1nc(F)c(F)c(C#Cc2cc(C#Cc3c(F)c(F)nc(F)c3F)cc(C#Cc3c(F)c(F)nc(F)c3F)c2)c1F. The molecule has 0 aliphatic rings. The van der Waals surface area contributed by atoms with Gasteiger partial charge >= 0.3 is 0 Å². The lowest BCUT2D eigenvalue weighted by molar-refractivity contribution is 0.404. The van der Waals surface area contributed by atoms with Gasteiger partial charge in [-0.1, -0.05) is 35.5 Å². The summed E-state index contributed by atoms with van der Waals surface area (Å²) in [7, 11) is 0. The van der Waals surface area contributed by atoms with Gasteiger partial charge in [-0.25, -0.2) is 26.3 Å². The molecule has 0 bridgehead atoms. The summed E-state index contributed by atoms with van der Waals surface area (Å²) in [6, 6.07) is 2.77.